The Bertz CT molecular complexity index is 423. The molecule has 4 nitrogen and oxygen atoms in total. The maximum atomic E-state index is 10.1. The summed E-state index contributed by atoms with van der Waals surface area (Å²) in [6.07, 6.45) is 10.6. The van der Waals surface area contributed by atoms with Crippen molar-refractivity contribution in [3.8, 4) is 24.2 Å². The van der Waals surface area contributed by atoms with E-state index in [1.165, 1.54) is 12.2 Å². The Balaban J connectivity index is 0. The van der Waals surface area contributed by atoms with Gasteiger partial charge in [0.05, 0.1) is 6.10 Å². The molecule has 0 aromatic heterocycles. The average molecular weight is 284 g/mol. The molecule has 2 atom stereocenters. The van der Waals surface area contributed by atoms with Gasteiger partial charge in [-0.3, -0.25) is 0 Å². The minimum atomic E-state index is -1.13. The van der Waals surface area contributed by atoms with Gasteiger partial charge in [0, 0.05) is 12.4 Å². The van der Waals surface area contributed by atoms with E-state index >= 15 is 0 Å². The molecule has 20 heavy (non-hydrogen) atoms. The van der Waals surface area contributed by atoms with Crippen LogP contribution in [0.3, 0.4) is 0 Å². The van der Waals surface area contributed by atoms with Crippen molar-refractivity contribution in [2.24, 2.45) is 0 Å². The molecule has 0 aliphatic heterocycles. The van der Waals surface area contributed by atoms with E-state index in [1.54, 1.807) is 12.2 Å². The van der Waals surface area contributed by atoms with Gasteiger partial charge in [-0.1, -0.05) is 30.1 Å². The minimum absolute atomic E-state index is 0. The summed E-state index contributed by atoms with van der Waals surface area (Å²) in [7, 11) is 0. The fourth-order valence-corrected chi connectivity index (χ4v) is 1.14. The van der Waals surface area contributed by atoms with Crippen molar-refractivity contribution < 1.29 is 49.7 Å². The van der Waals surface area contributed by atoms with Crippen LogP contribution < -0.4 is 34.7 Å². The van der Waals surface area contributed by atoms with Crippen molar-refractivity contribution in [3.63, 3.8) is 0 Å². The van der Waals surface area contributed by atoms with E-state index in [1.807, 2.05) is 0 Å². The third-order valence-corrected chi connectivity index (χ3v) is 2.06. The molecule has 0 unspecified atom stereocenters. The fourth-order valence-electron chi connectivity index (χ4n) is 1.14. The Morgan fingerprint density at radius 2 is 2.05 bits per heavy atom. The van der Waals surface area contributed by atoms with E-state index in [2.05, 4.69) is 17.8 Å². The van der Waals surface area contributed by atoms with Crippen LogP contribution >= 0.6 is 0 Å². The largest absolute Gasteiger partial charge is 1.00 e. The van der Waals surface area contributed by atoms with Gasteiger partial charge in [0.25, 0.3) is 0 Å². The summed E-state index contributed by atoms with van der Waals surface area (Å²) in [5.74, 6) is 6.36. The average Bonchev–Trinajstić information content (AvgIpc) is 2.33. The number of aliphatic hydroxyl groups is 2. The Morgan fingerprint density at radius 1 is 1.35 bits per heavy atom. The standard InChI is InChI=1S/C15H18O4.Na/c1-2-8-13(16)9-5-3-4-6-10-14(17)11-7-12-15(18)19;/h1,3-5,9,13-14,16-17H,7-8,11-12H2,(H,18,19);/q;+1/p-1/b4-3+,9-5+;/t13-,14-;/m1./s1. The third-order valence-electron chi connectivity index (χ3n) is 2.06. The maximum Gasteiger partial charge on any atom is 1.00 e. The number of allylic oxidation sites excluding steroid dienone is 3. The molecule has 0 spiro atoms. The van der Waals surface area contributed by atoms with Gasteiger partial charge in [-0.05, 0) is 25.3 Å². The van der Waals surface area contributed by atoms with E-state index in [-0.39, 0.29) is 42.4 Å². The number of carboxylic acid groups (broad SMARTS) is 1. The van der Waals surface area contributed by atoms with Crippen LogP contribution in [0.15, 0.2) is 24.3 Å². The molecule has 102 valence electrons. The molecular weight excluding hydrogens is 267 g/mol. The molecule has 0 heterocycles. The summed E-state index contributed by atoms with van der Waals surface area (Å²) < 4.78 is 0. The van der Waals surface area contributed by atoms with Gasteiger partial charge in [-0.25, -0.2) is 0 Å². The second-order valence-electron chi connectivity index (χ2n) is 3.79. The number of aliphatic carboxylic acids is 1. The number of hydrogen-bond donors (Lipinski definition) is 2. The van der Waals surface area contributed by atoms with Gasteiger partial charge in [-0.15, -0.1) is 12.3 Å². The molecule has 0 aliphatic carbocycles. The van der Waals surface area contributed by atoms with Crippen molar-refractivity contribution in [2.45, 2.75) is 37.9 Å². The summed E-state index contributed by atoms with van der Waals surface area (Å²) in [5, 5.41) is 28.8. The SMILES string of the molecule is C#CC[C@@H](O)/C=C/C=C/C#C[C@@H](O)CCCC(=O)[O-].[Na+]. The van der Waals surface area contributed by atoms with Crippen LogP contribution in [0.4, 0.5) is 0 Å². The number of rotatable bonds is 7. The number of aliphatic hydroxyl groups excluding tert-OH is 2. The molecule has 2 N–H and O–H groups in total. The van der Waals surface area contributed by atoms with Crippen LogP contribution in [-0.4, -0.2) is 28.4 Å². The van der Waals surface area contributed by atoms with Crippen LogP contribution in [0.5, 0.6) is 0 Å². The Kier molecular flexibility index (Phi) is 15.3. The summed E-state index contributed by atoms with van der Waals surface area (Å²) in [6, 6.07) is 0. The summed E-state index contributed by atoms with van der Waals surface area (Å²) in [4.78, 5) is 10.1. The Hall–Kier alpha value is -1.01. The summed E-state index contributed by atoms with van der Waals surface area (Å²) in [5.41, 5.74) is 0. The van der Waals surface area contributed by atoms with E-state index in [0.29, 0.717) is 12.8 Å². The van der Waals surface area contributed by atoms with Gasteiger partial charge < -0.3 is 20.1 Å². The quantitative estimate of drug-likeness (QED) is 0.293. The first-order chi connectivity index (χ1) is 9.06. The molecule has 0 fully saturated rings. The smallest absolute Gasteiger partial charge is 0.550 e. The second kappa shape index (κ2) is 14.4. The van der Waals surface area contributed by atoms with Crippen molar-refractivity contribution in [1.82, 2.24) is 0 Å². The first kappa shape index (κ1) is 21.3. The Morgan fingerprint density at radius 3 is 2.65 bits per heavy atom. The first-order valence-electron chi connectivity index (χ1n) is 5.90. The number of carbonyl (C=O) groups excluding carboxylic acids is 1. The zero-order valence-corrected chi connectivity index (χ0v) is 13.6. The zero-order valence-electron chi connectivity index (χ0n) is 11.6. The van der Waals surface area contributed by atoms with E-state index in [0.717, 1.165) is 0 Å². The topological polar surface area (TPSA) is 80.6 Å². The van der Waals surface area contributed by atoms with Crippen LogP contribution in [-0.2, 0) is 4.79 Å². The van der Waals surface area contributed by atoms with Crippen LogP contribution in [0.1, 0.15) is 25.7 Å². The van der Waals surface area contributed by atoms with Crippen molar-refractivity contribution in [3.05, 3.63) is 24.3 Å². The van der Waals surface area contributed by atoms with Gasteiger partial charge in [0.15, 0.2) is 0 Å². The van der Waals surface area contributed by atoms with Crippen LogP contribution in [0.2, 0.25) is 0 Å². The van der Waals surface area contributed by atoms with Gasteiger partial charge in [0.2, 0.25) is 0 Å². The van der Waals surface area contributed by atoms with Crippen molar-refractivity contribution in [2.75, 3.05) is 0 Å². The summed E-state index contributed by atoms with van der Waals surface area (Å²) in [6.45, 7) is 0. The maximum absolute atomic E-state index is 10.1. The predicted octanol–water partition coefficient (Wildman–Crippen LogP) is -3.23. The molecule has 0 aromatic rings. The number of terminal acetylenes is 1. The molecule has 0 bridgehead atoms. The molecule has 0 aromatic carbocycles. The molecule has 5 heteroatoms. The Labute approximate surface area is 141 Å². The van der Waals surface area contributed by atoms with Gasteiger partial charge >= 0.3 is 29.6 Å². The monoisotopic (exact) mass is 284 g/mol. The fraction of sp³-hybridized carbons (Fsp3) is 0.400. The molecule has 0 amide bonds. The summed E-state index contributed by atoms with van der Waals surface area (Å²) >= 11 is 0. The molecule has 0 rings (SSSR count). The minimum Gasteiger partial charge on any atom is -0.550 e. The van der Waals surface area contributed by atoms with Crippen LogP contribution in [0.25, 0.3) is 0 Å². The zero-order chi connectivity index (χ0) is 14.5. The van der Waals surface area contributed by atoms with E-state index in [4.69, 9.17) is 6.42 Å². The second-order valence-corrected chi connectivity index (χ2v) is 3.79. The van der Waals surface area contributed by atoms with Gasteiger partial charge in [0.1, 0.15) is 6.10 Å². The van der Waals surface area contributed by atoms with Crippen molar-refractivity contribution >= 4 is 5.97 Å². The molecular formula is C15H17NaO4. The normalized spacial score (nSPS) is 13.1. The van der Waals surface area contributed by atoms with Gasteiger partial charge in [-0.2, -0.15) is 0 Å². The van der Waals surface area contributed by atoms with E-state index < -0.39 is 18.2 Å². The number of carboxylic acids is 1. The molecule has 0 saturated carbocycles. The number of hydrogen-bond acceptors (Lipinski definition) is 4. The number of carbonyl (C=O) groups is 1. The predicted molar refractivity (Wildman–Crippen MR) is 70.4 cm³/mol. The molecule has 0 radical (unpaired) electrons. The molecule has 0 saturated heterocycles. The third kappa shape index (κ3) is 15.0. The first-order valence-corrected chi connectivity index (χ1v) is 5.90. The van der Waals surface area contributed by atoms with E-state index in [9.17, 15) is 20.1 Å². The van der Waals surface area contributed by atoms with Crippen molar-refractivity contribution in [1.29, 1.82) is 0 Å². The van der Waals surface area contributed by atoms with Crippen LogP contribution in [0, 0.1) is 24.2 Å². The molecule has 0 aliphatic rings.